The molecule has 2 rings (SSSR count). The third-order valence-electron chi connectivity index (χ3n) is 3.66. The van der Waals surface area contributed by atoms with E-state index in [1.54, 1.807) is 7.11 Å². The lowest BCUT2D eigenvalue weighted by Gasteiger charge is -2.11. The highest BCUT2D eigenvalue weighted by Gasteiger charge is 2.24. The van der Waals surface area contributed by atoms with Gasteiger partial charge in [0, 0.05) is 18.6 Å². The van der Waals surface area contributed by atoms with Crippen molar-refractivity contribution in [3.8, 4) is 0 Å². The van der Waals surface area contributed by atoms with Gasteiger partial charge in [0.25, 0.3) is 5.91 Å². The Bertz CT molecular complexity index is 542. The number of methoxy groups -OCH3 is 1. The van der Waals surface area contributed by atoms with E-state index in [2.05, 4.69) is 10.6 Å². The molecule has 0 unspecified atom stereocenters. The quantitative estimate of drug-likeness (QED) is 0.628. The van der Waals surface area contributed by atoms with Gasteiger partial charge in [-0.25, -0.2) is 0 Å². The van der Waals surface area contributed by atoms with E-state index >= 15 is 0 Å². The molecule has 1 aromatic heterocycles. The first-order valence-corrected chi connectivity index (χ1v) is 8.39. The van der Waals surface area contributed by atoms with E-state index in [4.69, 9.17) is 10.5 Å². The second-order valence-corrected chi connectivity index (χ2v) is 6.46. The number of rotatable bonds is 8. The number of primary amides is 1. The van der Waals surface area contributed by atoms with Gasteiger partial charge in [-0.1, -0.05) is 0 Å². The molecule has 1 aliphatic carbocycles. The second-order valence-electron chi connectivity index (χ2n) is 5.35. The van der Waals surface area contributed by atoms with Crippen LogP contribution in [0.15, 0.2) is 0 Å². The van der Waals surface area contributed by atoms with Crippen LogP contribution >= 0.6 is 11.3 Å². The molecule has 1 aromatic rings. The SMILES string of the molecule is COCCCNCC(=O)Nc1sc2c(c1C(N)=O)CCCC2. The van der Waals surface area contributed by atoms with Gasteiger partial charge >= 0.3 is 0 Å². The summed E-state index contributed by atoms with van der Waals surface area (Å²) < 4.78 is 4.94. The number of hydrogen-bond acceptors (Lipinski definition) is 5. The van der Waals surface area contributed by atoms with Crippen LogP contribution in [0.2, 0.25) is 0 Å². The number of nitrogens with one attached hydrogen (secondary N) is 2. The predicted molar refractivity (Wildman–Crippen MR) is 87.5 cm³/mol. The van der Waals surface area contributed by atoms with E-state index in [9.17, 15) is 9.59 Å². The number of carbonyl (C=O) groups is 2. The molecule has 0 aliphatic heterocycles. The minimum Gasteiger partial charge on any atom is -0.385 e. The van der Waals surface area contributed by atoms with Crippen molar-refractivity contribution in [2.24, 2.45) is 5.73 Å². The fourth-order valence-electron chi connectivity index (χ4n) is 2.63. The van der Waals surface area contributed by atoms with E-state index in [1.165, 1.54) is 16.2 Å². The maximum atomic E-state index is 12.0. The van der Waals surface area contributed by atoms with Crippen molar-refractivity contribution in [3.05, 3.63) is 16.0 Å². The third-order valence-corrected chi connectivity index (χ3v) is 4.87. The van der Waals surface area contributed by atoms with Gasteiger partial charge in [-0.2, -0.15) is 0 Å². The summed E-state index contributed by atoms with van der Waals surface area (Å²) in [6, 6.07) is 0. The molecule has 2 amide bonds. The van der Waals surface area contributed by atoms with E-state index in [-0.39, 0.29) is 12.5 Å². The third kappa shape index (κ3) is 4.28. The summed E-state index contributed by atoms with van der Waals surface area (Å²) in [6.45, 7) is 1.59. The van der Waals surface area contributed by atoms with Crippen molar-refractivity contribution >= 4 is 28.2 Å². The monoisotopic (exact) mass is 325 g/mol. The predicted octanol–water partition coefficient (Wildman–Crippen LogP) is 1.29. The van der Waals surface area contributed by atoms with E-state index in [0.717, 1.165) is 37.7 Å². The molecule has 122 valence electrons. The molecular formula is C15H23N3O3S. The zero-order valence-corrected chi connectivity index (χ0v) is 13.7. The lowest BCUT2D eigenvalue weighted by molar-refractivity contribution is -0.115. The number of anilines is 1. The van der Waals surface area contributed by atoms with Gasteiger partial charge in [-0.05, 0) is 44.2 Å². The number of nitrogens with two attached hydrogens (primary N) is 1. The number of hydrogen-bond donors (Lipinski definition) is 3. The molecule has 0 aromatic carbocycles. The summed E-state index contributed by atoms with van der Waals surface area (Å²) in [7, 11) is 1.65. The van der Waals surface area contributed by atoms with Gasteiger partial charge in [0.2, 0.25) is 5.91 Å². The zero-order valence-electron chi connectivity index (χ0n) is 12.9. The Morgan fingerprint density at radius 1 is 1.32 bits per heavy atom. The standard InChI is InChI=1S/C15H23N3O3S/c1-21-8-4-7-17-9-12(19)18-15-13(14(16)20)10-5-2-3-6-11(10)22-15/h17H,2-9H2,1H3,(H2,16,20)(H,18,19). The van der Waals surface area contributed by atoms with E-state index in [0.29, 0.717) is 23.7 Å². The molecule has 0 saturated heterocycles. The van der Waals surface area contributed by atoms with Crippen molar-refractivity contribution in [2.45, 2.75) is 32.1 Å². The number of fused-ring (bicyclic) bond motifs is 1. The molecule has 7 heteroatoms. The Morgan fingerprint density at radius 3 is 2.82 bits per heavy atom. The topological polar surface area (TPSA) is 93.4 Å². The zero-order chi connectivity index (χ0) is 15.9. The van der Waals surface area contributed by atoms with Gasteiger partial charge in [0.05, 0.1) is 12.1 Å². The van der Waals surface area contributed by atoms with E-state index < -0.39 is 5.91 Å². The molecule has 0 spiro atoms. The number of aryl methyl sites for hydroxylation is 1. The molecule has 0 saturated carbocycles. The molecule has 1 heterocycles. The van der Waals surface area contributed by atoms with Gasteiger partial charge in [0.15, 0.2) is 0 Å². The summed E-state index contributed by atoms with van der Waals surface area (Å²) in [5.74, 6) is -0.610. The van der Waals surface area contributed by atoms with Gasteiger partial charge in [-0.15, -0.1) is 11.3 Å². The van der Waals surface area contributed by atoms with Crippen molar-refractivity contribution in [1.29, 1.82) is 0 Å². The minimum atomic E-state index is -0.456. The van der Waals surface area contributed by atoms with E-state index in [1.807, 2.05) is 0 Å². The molecule has 6 nitrogen and oxygen atoms in total. The van der Waals surface area contributed by atoms with Crippen LogP contribution in [0.4, 0.5) is 5.00 Å². The fourth-order valence-corrected chi connectivity index (χ4v) is 3.94. The first-order valence-electron chi connectivity index (χ1n) is 7.57. The van der Waals surface area contributed by atoms with Crippen molar-refractivity contribution in [3.63, 3.8) is 0 Å². The smallest absolute Gasteiger partial charge is 0.251 e. The van der Waals surface area contributed by atoms with Crippen LogP contribution in [0, 0.1) is 0 Å². The van der Waals surface area contributed by atoms with Gasteiger partial charge in [-0.3, -0.25) is 9.59 Å². The first kappa shape index (κ1) is 16.9. The molecule has 0 atom stereocenters. The largest absolute Gasteiger partial charge is 0.385 e. The molecule has 0 bridgehead atoms. The van der Waals surface area contributed by atoms with Gasteiger partial charge in [0.1, 0.15) is 5.00 Å². The van der Waals surface area contributed by atoms with Gasteiger partial charge < -0.3 is 21.1 Å². The lowest BCUT2D eigenvalue weighted by Crippen LogP contribution is -2.29. The number of thiophene rings is 1. The van der Waals surface area contributed by atoms with Crippen molar-refractivity contribution in [1.82, 2.24) is 5.32 Å². The number of carbonyl (C=O) groups excluding carboxylic acids is 2. The summed E-state index contributed by atoms with van der Waals surface area (Å²) in [5.41, 5.74) is 7.04. The first-order chi connectivity index (χ1) is 10.6. The summed E-state index contributed by atoms with van der Waals surface area (Å²) in [6.07, 6.45) is 4.88. The molecule has 0 fully saturated rings. The van der Waals surface area contributed by atoms with Crippen LogP contribution in [-0.4, -0.2) is 38.6 Å². The van der Waals surface area contributed by atoms with Crippen molar-refractivity contribution < 1.29 is 14.3 Å². The molecule has 1 aliphatic rings. The van der Waals surface area contributed by atoms with Crippen LogP contribution < -0.4 is 16.4 Å². The molecular weight excluding hydrogens is 302 g/mol. The highest BCUT2D eigenvalue weighted by Crippen LogP contribution is 2.37. The fraction of sp³-hybridized carbons (Fsp3) is 0.600. The average Bonchev–Trinajstić information content (AvgIpc) is 2.84. The summed E-state index contributed by atoms with van der Waals surface area (Å²) in [4.78, 5) is 24.9. The second kappa shape index (κ2) is 8.26. The lowest BCUT2D eigenvalue weighted by atomic mass is 9.95. The number of ether oxygens (including phenoxy) is 1. The van der Waals surface area contributed by atoms with Crippen LogP contribution in [-0.2, 0) is 22.4 Å². The summed E-state index contributed by atoms with van der Waals surface area (Å²) >= 11 is 1.49. The van der Waals surface area contributed by atoms with Crippen LogP contribution in [0.3, 0.4) is 0 Å². The summed E-state index contributed by atoms with van der Waals surface area (Å²) in [5, 5.41) is 6.47. The van der Waals surface area contributed by atoms with Crippen LogP contribution in [0.25, 0.3) is 0 Å². The van der Waals surface area contributed by atoms with Crippen LogP contribution in [0.1, 0.15) is 40.1 Å². The molecule has 22 heavy (non-hydrogen) atoms. The van der Waals surface area contributed by atoms with Crippen LogP contribution in [0.5, 0.6) is 0 Å². The normalized spacial score (nSPS) is 13.7. The van der Waals surface area contributed by atoms with Crippen molar-refractivity contribution in [2.75, 3.05) is 32.1 Å². The maximum absolute atomic E-state index is 12.0. The molecule has 0 radical (unpaired) electrons. The average molecular weight is 325 g/mol. The number of amides is 2. The minimum absolute atomic E-state index is 0.154. The highest BCUT2D eigenvalue weighted by molar-refractivity contribution is 7.17. The highest BCUT2D eigenvalue weighted by atomic mass is 32.1. The Balaban J connectivity index is 1.95. The molecule has 4 N–H and O–H groups in total. The Labute approximate surface area is 134 Å². The maximum Gasteiger partial charge on any atom is 0.251 e. The Morgan fingerprint density at radius 2 is 2.09 bits per heavy atom. The Hall–Kier alpha value is -1.44. The Kier molecular flexibility index (Phi) is 6.35.